The monoisotopic (exact) mass is 264 g/mol. The topological polar surface area (TPSA) is 57.4 Å². The lowest BCUT2D eigenvalue weighted by molar-refractivity contribution is 0.0206. The zero-order chi connectivity index (χ0) is 13.8. The van der Waals surface area contributed by atoms with Gasteiger partial charge in [0.05, 0.1) is 6.10 Å². The van der Waals surface area contributed by atoms with Gasteiger partial charge in [0.15, 0.2) is 0 Å². The highest BCUT2D eigenvalue weighted by Crippen LogP contribution is 2.28. The predicted molar refractivity (Wildman–Crippen MR) is 75.3 cm³/mol. The maximum atomic E-state index is 6.17. The summed E-state index contributed by atoms with van der Waals surface area (Å²) in [7, 11) is 1.78. The summed E-state index contributed by atoms with van der Waals surface area (Å²) < 4.78 is 11.6. The van der Waals surface area contributed by atoms with Gasteiger partial charge in [-0.15, -0.1) is 0 Å². The van der Waals surface area contributed by atoms with Gasteiger partial charge in [-0.05, 0) is 33.1 Å². The number of aromatic nitrogens is 1. The first-order valence-electron chi connectivity index (χ1n) is 7.00. The molecule has 2 N–H and O–H groups in total. The molecule has 0 radical (unpaired) electrons. The fraction of sp³-hybridized carbons (Fsp3) is 0.667. The molecule has 2 rings (SSSR count). The molecule has 4 nitrogen and oxygen atoms in total. The van der Waals surface area contributed by atoms with Crippen molar-refractivity contribution in [1.29, 1.82) is 0 Å². The van der Waals surface area contributed by atoms with Crippen LogP contribution in [-0.2, 0) is 11.3 Å². The third-order valence-electron chi connectivity index (χ3n) is 3.83. The first kappa shape index (κ1) is 14.3. The van der Waals surface area contributed by atoms with E-state index >= 15 is 0 Å². The second kappa shape index (κ2) is 6.35. The van der Waals surface area contributed by atoms with E-state index in [4.69, 9.17) is 15.2 Å². The van der Waals surface area contributed by atoms with Crippen molar-refractivity contribution < 1.29 is 9.47 Å². The molecule has 1 saturated carbocycles. The van der Waals surface area contributed by atoms with Crippen LogP contribution in [0.3, 0.4) is 0 Å². The molecule has 0 bridgehead atoms. The van der Waals surface area contributed by atoms with Crippen molar-refractivity contribution >= 4 is 0 Å². The molecule has 4 heteroatoms. The highest BCUT2D eigenvalue weighted by molar-refractivity contribution is 5.37. The van der Waals surface area contributed by atoms with Crippen molar-refractivity contribution in [3.05, 3.63) is 23.0 Å². The van der Waals surface area contributed by atoms with E-state index in [0.717, 1.165) is 48.4 Å². The third-order valence-corrected chi connectivity index (χ3v) is 3.83. The second-order valence-corrected chi connectivity index (χ2v) is 5.29. The van der Waals surface area contributed by atoms with Crippen molar-refractivity contribution in [2.75, 3.05) is 7.11 Å². The Labute approximate surface area is 115 Å². The quantitative estimate of drug-likeness (QED) is 0.907. The van der Waals surface area contributed by atoms with Gasteiger partial charge >= 0.3 is 0 Å². The van der Waals surface area contributed by atoms with Gasteiger partial charge in [0, 0.05) is 43.1 Å². The summed E-state index contributed by atoms with van der Waals surface area (Å²) in [6.45, 7) is 4.44. The number of nitrogens with zero attached hydrogens (tertiary/aromatic N) is 1. The number of ether oxygens (including phenoxy) is 2. The highest BCUT2D eigenvalue weighted by atomic mass is 16.5. The van der Waals surface area contributed by atoms with Crippen LogP contribution >= 0.6 is 0 Å². The lowest BCUT2D eigenvalue weighted by Crippen LogP contribution is -2.30. The lowest BCUT2D eigenvalue weighted by Gasteiger charge is -2.29. The van der Waals surface area contributed by atoms with Gasteiger partial charge in [-0.25, -0.2) is 0 Å². The van der Waals surface area contributed by atoms with Gasteiger partial charge in [0.2, 0.25) is 0 Å². The summed E-state index contributed by atoms with van der Waals surface area (Å²) in [6.07, 6.45) is 4.89. The van der Waals surface area contributed by atoms with Crippen LogP contribution in [0.2, 0.25) is 0 Å². The van der Waals surface area contributed by atoms with E-state index in [1.807, 2.05) is 19.9 Å². The number of aryl methyl sites for hydroxylation is 2. The average Bonchev–Trinajstić information content (AvgIpc) is 2.38. The molecule has 1 heterocycles. The molecule has 0 aromatic carbocycles. The van der Waals surface area contributed by atoms with Crippen LogP contribution in [-0.4, -0.2) is 24.3 Å². The zero-order valence-electron chi connectivity index (χ0n) is 12.1. The van der Waals surface area contributed by atoms with Gasteiger partial charge in [-0.3, -0.25) is 4.98 Å². The minimum atomic E-state index is 0.227. The lowest BCUT2D eigenvalue weighted by atomic mass is 9.95. The SMILES string of the molecule is COC1CCCC(Oc2cc(C)nc(C)c2CN)C1. The van der Waals surface area contributed by atoms with Crippen LogP contribution in [0.5, 0.6) is 5.75 Å². The Morgan fingerprint density at radius 2 is 2.05 bits per heavy atom. The van der Waals surface area contributed by atoms with E-state index in [9.17, 15) is 0 Å². The molecule has 1 aliphatic rings. The molecular weight excluding hydrogens is 240 g/mol. The second-order valence-electron chi connectivity index (χ2n) is 5.29. The van der Waals surface area contributed by atoms with Gasteiger partial charge in [0.25, 0.3) is 0 Å². The summed E-state index contributed by atoms with van der Waals surface area (Å²) in [5, 5.41) is 0. The van der Waals surface area contributed by atoms with Crippen LogP contribution in [0, 0.1) is 13.8 Å². The Balaban J connectivity index is 2.14. The molecule has 2 unspecified atom stereocenters. The highest BCUT2D eigenvalue weighted by Gasteiger charge is 2.24. The van der Waals surface area contributed by atoms with Crippen molar-refractivity contribution in [3.63, 3.8) is 0 Å². The minimum Gasteiger partial charge on any atom is -0.490 e. The normalized spacial score (nSPS) is 23.4. The van der Waals surface area contributed by atoms with E-state index in [2.05, 4.69) is 4.98 Å². The van der Waals surface area contributed by atoms with Crippen molar-refractivity contribution in [2.24, 2.45) is 5.73 Å². The van der Waals surface area contributed by atoms with Crippen LogP contribution in [0.15, 0.2) is 6.07 Å². The average molecular weight is 264 g/mol. The number of hydrogen-bond acceptors (Lipinski definition) is 4. The van der Waals surface area contributed by atoms with E-state index in [1.165, 1.54) is 0 Å². The van der Waals surface area contributed by atoms with Crippen LogP contribution in [0.4, 0.5) is 0 Å². The first-order chi connectivity index (χ1) is 9.13. The van der Waals surface area contributed by atoms with Gasteiger partial charge in [-0.1, -0.05) is 0 Å². The molecule has 0 amide bonds. The molecule has 19 heavy (non-hydrogen) atoms. The summed E-state index contributed by atoms with van der Waals surface area (Å²) >= 11 is 0. The largest absolute Gasteiger partial charge is 0.490 e. The van der Waals surface area contributed by atoms with Crippen molar-refractivity contribution in [3.8, 4) is 5.75 Å². The van der Waals surface area contributed by atoms with E-state index < -0.39 is 0 Å². The summed E-state index contributed by atoms with van der Waals surface area (Å²) in [5.74, 6) is 0.897. The number of pyridine rings is 1. The molecule has 0 saturated heterocycles. The number of nitrogens with two attached hydrogens (primary N) is 1. The van der Waals surface area contributed by atoms with E-state index in [1.54, 1.807) is 7.11 Å². The summed E-state index contributed by atoms with van der Waals surface area (Å²) in [5.41, 5.74) is 8.78. The first-order valence-corrected chi connectivity index (χ1v) is 7.00. The summed E-state index contributed by atoms with van der Waals surface area (Å²) in [4.78, 5) is 4.44. The van der Waals surface area contributed by atoms with Gasteiger partial charge < -0.3 is 15.2 Å². The molecule has 0 spiro atoms. The molecule has 0 aliphatic heterocycles. The van der Waals surface area contributed by atoms with Gasteiger partial charge in [-0.2, -0.15) is 0 Å². The number of methoxy groups -OCH3 is 1. The Morgan fingerprint density at radius 3 is 2.74 bits per heavy atom. The molecule has 106 valence electrons. The van der Waals surface area contributed by atoms with Crippen LogP contribution in [0.1, 0.15) is 42.6 Å². The molecule has 1 aromatic rings. The Kier molecular flexibility index (Phi) is 4.77. The predicted octanol–water partition coefficient (Wildman–Crippen LogP) is 2.49. The smallest absolute Gasteiger partial charge is 0.127 e. The van der Waals surface area contributed by atoms with E-state index in [0.29, 0.717) is 12.6 Å². The Bertz CT molecular complexity index is 434. The van der Waals surface area contributed by atoms with Crippen LogP contribution in [0.25, 0.3) is 0 Å². The molecule has 2 atom stereocenters. The summed E-state index contributed by atoms with van der Waals surface area (Å²) in [6, 6.07) is 1.99. The molecule has 1 aromatic heterocycles. The van der Waals surface area contributed by atoms with Gasteiger partial charge in [0.1, 0.15) is 11.9 Å². The molecule has 1 fully saturated rings. The maximum absolute atomic E-state index is 6.17. The van der Waals surface area contributed by atoms with Crippen molar-refractivity contribution in [1.82, 2.24) is 4.98 Å². The number of rotatable bonds is 4. The fourth-order valence-corrected chi connectivity index (χ4v) is 2.78. The molecule has 1 aliphatic carbocycles. The van der Waals surface area contributed by atoms with E-state index in [-0.39, 0.29) is 6.10 Å². The Hall–Kier alpha value is -1.13. The molecular formula is C15H24N2O2. The minimum absolute atomic E-state index is 0.227. The van der Waals surface area contributed by atoms with Crippen molar-refractivity contribution in [2.45, 2.75) is 58.3 Å². The standard InChI is InChI=1S/C15H24N2O2/c1-10-7-15(14(9-16)11(2)17-10)19-13-6-4-5-12(8-13)18-3/h7,12-13H,4-6,8-9,16H2,1-3H3. The zero-order valence-corrected chi connectivity index (χ0v) is 12.1. The maximum Gasteiger partial charge on any atom is 0.127 e. The number of hydrogen-bond donors (Lipinski definition) is 1. The Morgan fingerprint density at radius 1 is 1.32 bits per heavy atom. The van der Waals surface area contributed by atoms with Crippen LogP contribution < -0.4 is 10.5 Å². The third kappa shape index (κ3) is 3.45. The fourth-order valence-electron chi connectivity index (χ4n) is 2.78.